The fourth-order valence-corrected chi connectivity index (χ4v) is 8.87. The number of likely N-dealkylation sites (tertiary alicyclic amines) is 1. The van der Waals surface area contributed by atoms with E-state index >= 15 is 4.79 Å². The molecule has 1 saturated carbocycles. The number of hydrogen-bond acceptors (Lipinski definition) is 10. The normalized spacial score (nSPS) is 26.5. The lowest BCUT2D eigenvalue weighted by atomic mass is 9.49. The van der Waals surface area contributed by atoms with Gasteiger partial charge in [0.15, 0.2) is 0 Å². The van der Waals surface area contributed by atoms with Gasteiger partial charge in [0.05, 0.1) is 48.1 Å². The van der Waals surface area contributed by atoms with E-state index in [1.54, 1.807) is 6.08 Å². The standard InChI is InChI=1S/C36H28Cl2F3N3O9/c1-51-18-6-3-16(4-7-18)35-24(31(47)44(33(35)49)42-26-11-5-17(37)13-25(26)38)15-22-20(9-10-21-28(22)32(48)43(30(21)46)34(50)52-2)29(35)23-14-19(8-12-27(23)45)53-36(39,40)41/h3-9,11-14,21-22,24,28-29,42,45H,10,15H2,1-2H3. The van der Waals surface area contributed by atoms with Crippen LogP contribution >= 0.6 is 23.2 Å². The summed E-state index contributed by atoms with van der Waals surface area (Å²) in [6, 6.07) is 13.2. The first-order valence-corrected chi connectivity index (χ1v) is 16.9. The molecule has 3 aromatic carbocycles. The third-order valence-electron chi connectivity index (χ3n) is 10.5. The number of phenolic OH excluding ortho intramolecular Hbond substituents is 1. The van der Waals surface area contributed by atoms with Gasteiger partial charge in [-0.1, -0.05) is 47.0 Å². The number of nitrogens with one attached hydrogen (secondary N) is 1. The molecule has 0 bridgehead atoms. The minimum Gasteiger partial charge on any atom is -0.508 e. The van der Waals surface area contributed by atoms with Crippen molar-refractivity contribution < 1.29 is 56.5 Å². The molecule has 2 N–H and O–H groups in total. The highest BCUT2D eigenvalue weighted by Crippen LogP contribution is 2.65. The quantitative estimate of drug-likeness (QED) is 0.214. The lowest BCUT2D eigenvalue weighted by Crippen LogP contribution is -2.53. The number of ether oxygens (including phenoxy) is 3. The van der Waals surface area contributed by atoms with Crippen LogP contribution in [0.25, 0.3) is 0 Å². The van der Waals surface area contributed by atoms with Crippen molar-refractivity contribution in [3.05, 3.63) is 93.5 Å². The Labute approximate surface area is 308 Å². The summed E-state index contributed by atoms with van der Waals surface area (Å²) in [7, 11) is 2.42. The Hall–Kier alpha value is -5.28. The number of methoxy groups -OCH3 is 2. The van der Waals surface area contributed by atoms with Gasteiger partial charge in [-0.2, -0.15) is 9.91 Å². The monoisotopic (exact) mass is 773 g/mol. The van der Waals surface area contributed by atoms with E-state index in [-0.39, 0.29) is 45.3 Å². The van der Waals surface area contributed by atoms with Crippen LogP contribution in [0.15, 0.2) is 72.3 Å². The van der Waals surface area contributed by atoms with Gasteiger partial charge in [-0.3, -0.25) is 24.6 Å². The van der Waals surface area contributed by atoms with E-state index in [2.05, 4.69) is 10.2 Å². The summed E-state index contributed by atoms with van der Waals surface area (Å²) in [5.74, 6) is -10.3. The van der Waals surface area contributed by atoms with Crippen molar-refractivity contribution in [2.75, 3.05) is 19.6 Å². The number of aromatic hydroxyl groups is 1. The van der Waals surface area contributed by atoms with Gasteiger partial charge in [-0.25, -0.2) is 4.79 Å². The van der Waals surface area contributed by atoms with Crippen molar-refractivity contribution >= 4 is 58.6 Å². The van der Waals surface area contributed by atoms with Crippen molar-refractivity contribution in [1.82, 2.24) is 9.91 Å². The van der Waals surface area contributed by atoms with Gasteiger partial charge in [0.2, 0.25) is 11.8 Å². The largest absolute Gasteiger partial charge is 0.573 e. The van der Waals surface area contributed by atoms with Gasteiger partial charge in [0.1, 0.15) is 17.2 Å². The molecule has 6 unspecified atom stereocenters. The number of alkyl halides is 3. The first-order valence-electron chi connectivity index (χ1n) is 16.1. The minimum absolute atomic E-state index is 0.0508. The van der Waals surface area contributed by atoms with Crippen LogP contribution in [0.5, 0.6) is 17.2 Å². The fourth-order valence-electron chi connectivity index (χ4n) is 8.42. The summed E-state index contributed by atoms with van der Waals surface area (Å²) >= 11 is 12.5. The van der Waals surface area contributed by atoms with Crippen LogP contribution in [0, 0.1) is 23.7 Å². The molecule has 3 aromatic rings. The molecule has 2 aliphatic heterocycles. The number of fused-ring (bicyclic) bond motifs is 4. The molecule has 0 radical (unpaired) electrons. The summed E-state index contributed by atoms with van der Waals surface area (Å²) in [4.78, 5) is 70.4. The summed E-state index contributed by atoms with van der Waals surface area (Å²) in [5, 5.41) is 12.5. The molecule has 3 fully saturated rings. The molecule has 0 aromatic heterocycles. The highest BCUT2D eigenvalue weighted by molar-refractivity contribution is 6.36. The molecule has 53 heavy (non-hydrogen) atoms. The summed E-state index contributed by atoms with van der Waals surface area (Å²) in [6.45, 7) is 0. The number of anilines is 1. The van der Waals surface area contributed by atoms with Crippen LogP contribution in [0.3, 0.4) is 0 Å². The van der Waals surface area contributed by atoms with Crippen LogP contribution in [0.4, 0.5) is 23.7 Å². The van der Waals surface area contributed by atoms with Gasteiger partial charge >= 0.3 is 12.5 Å². The number of rotatable bonds is 6. The van der Waals surface area contributed by atoms with Gasteiger partial charge in [0.25, 0.3) is 11.8 Å². The smallest absolute Gasteiger partial charge is 0.508 e. The Bertz CT molecular complexity index is 2110. The maximum Gasteiger partial charge on any atom is 0.573 e. The number of halogens is 5. The van der Waals surface area contributed by atoms with Crippen LogP contribution in [0.2, 0.25) is 10.0 Å². The number of amides is 5. The number of hydrazine groups is 1. The van der Waals surface area contributed by atoms with Gasteiger partial charge in [-0.15, -0.1) is 13.2 Å². The average molecular weight is 775 g/mol. The summed E-state index contributed by atoms with van der Waals surface area (Å²) in [5.41, 5.74) is 1.20. The Kier molecular flexibility index (Phi) is 8.84. The second kappa shape index (κ2) is 13.0. The highest BCUT2D eigenvalue weighted by Gasteiger charge is 2.71. The average Bonchev–Trinajstić information content (AvgIpc) is 3.50. The number of carbonyl (C=O) groups excluding carboxylic acids is 5. The highest BCUT2D eigenvalue weighted by atomic mass is 35.5. The van der Waals surface area contributed by atoms with Crippen LogP contribution in [-0.4, -0.2) is 65.3 Å². The Morgan fingerprint density at radius 3 is 2.26 bits per heavy atom. The van der Waals surface area contributed by atoms with E-state index in [0.29, 0.717) is 10.6 Å². The molecule has 4 aliphatic rings. The van der Waals surface area contributed by atoms with E-state index in [4.69, 9.17) is 32.7 Å². The predicted octanol–water partition coefficient (Wildman–Crippen LogP) is 6.36. The third-order valence-corrected chi connectivity index (χ3v) is 11.0. The van der Waals surface area contributed by atoms with E-state index < -0.39 is 82.6 Å². The van der Waals surface area contributed by atoms with Crippen molar-refractivity contribution in [2.45, 2.75) is 30.5 Å². The Balaban J connectivity index is 1.49. The zero-order chi connectivity index (χ0) is 38.1. The first-order chi connectivity index (χ1) is 25.1. The Morgan fingerprint density at radius 2 is 1.62 bits per heavy atom. The topological polar surface area (TPSA) is 152 Å². The van der Waals surface area contributed by atoms with E-state index in [1.807, 2.05) is 0 Å². The van der Waals surface area contributed by atoms with Crippen LogP contribution in [0.1, 0.15) is 29.9 Å². The molecule has 7 rings (SSSR count). The molecule has 12 nitrogen and oxygen atoms in total. The maximum absolute atomic E-state index is 15.2. The molecular weight excluding hydrogens is 746 g/mol. The number of hydrogen-bond donors (Lipinski definition) is 2. The third kappa shape index (κ3) is 5.64. The SMILES string of the molecule is COC(=O)N1C(=O)C2CC=C3C(CC4C(=O)N(Nc5ccc(Cl)cc5Cl)C(=O)C4(c4ccc(OC)cc4)C3c3cc(OC(F)(F)F)ccc3O)C2C1=O. The van der Waals surface area contributed by atoms with E-state index in [1.165, 1.54) is 49.6 Å². The molecule has 2 aliphatic carbocycles. The van der Waals surface area contributed by atoms with Gasteiger partial charge in [-0.05, 0) is 72.9 Å². The first kappa shape index (κ1) is 36.1. The summed E-state index contributed by atoms with van der Waals surface area (Å²) < 4.78 is 54.9. The molecule has 5 amide bonds. The molecular formula is C36H28Cl2F3N3O9. The van der Waals surface area contributed by atoms with Crippen LogP contribution < -0.4 is 14.9 Å². The molecule has 2 saturated heterocycles. The molecule has 17 heteroatoms. The second-order valence-electron chi connectivity index (χ2n) is 13.0. The maximum atomic E-state index is 15.2. The molecule has 276 valence electrons. The fraction of sp³-hybridized carbons (Fsp3) is 0.306. The molecule has 0 spiro atoms. The number of allylic oxidation sites excluding steroid dienone is 2. The van der Waals surface area contributed by atoms with Crippen molar-refractivity contribution in [2.24, 2.45) is 23.7 Å². The van der Waals surface area contributed by atoms with Gasteiger partial charge < -0.3 is 19.3 Å². The van der Waals surface area contributed by atoms with E-state index in [9.17, 15) is 37.5 Å². The lowest BCUT2D eigenvalue weighted by Gasteiger charge is -2.50. The minimum atomic E-state index is -5.14. The zero-order valence-electron chi connectivity index (χ0n) is 27.6. The lowest BCUT2D eigenvalue weighted by molar-refractivity contribution is -0.274. The number of phenols is 1. The van der Waals surface area contributed by atoms with Gasteiger partial charge in [0, 0.05) is 16.5 Å². The summed E-state index contributed by atoms with van der Waals surface area (Å²) in [6.07, 6.45) is -5.08. The van der Waals surface area contributed by atoms with Crippen molar-refractivity contribution in [3.8, 4) is 17.2 Å². The number of imide groups is 4. The van der Waals surface area contributed by atoms with E-state index in [0.717, 1.165) is 30.3 Å². The zero-order valence-corrected chi connectivity index (χ0v) is 29.2. The predicted molar refractivity (Wildman–Crippen MR) is 180 cm³/mol. The van der Waals surface area contributed by atoms with Crippen LogP contribution in [-0.2, 0) is 29.3 Å². The van der Waals surface area contributed by atoms with Crippen molar-refractivity contribution in [3.63, 3.8) is 0 Å². The molecule has 2 heterocycles. The second-order valence-corrected chi connectivity index (χ2v) is 13.8. The Morgan fingerprint density at radius 1 is 0.925 bits per heavy atom. The molecule has 6 atom stereocenters. The van der Waals surface area contributed by atoms with Crippen molar-refractivity contribution in [1.29, 1.82) is 0 Å². The number of benzene rings is 3. The number of nitrogens with zero attached hydrogens (tertiary/aromatic N) is 2. The number of carbonyl (C=O) groups is 5.